The van der Waals surface area contributed by atoms with Gasteiger partial charge in [-0.25, -0.2) is 0 Å². The van der Waals surface area contributed by atoms with Crippen LogP contribution in [0.2, 0.25) is 0 Å². The van der Waals surface area contributed by atoms with Gasteiger partial charge >= 0.3 is 0 Å². The quantitative estimate of drug-likeness (QED) is 0.837. The average molecular weight is 218 g/mol. The Kier molecular flexibility index (Phi) is 3.47. The third kappa shape index (κ3) is 2.37. The molecule has 0 saturated heterocycles. The molecule has 2 nitrogen and oxygen atoms in total. The van der Waals surface area contributed by atoms with E-state index in [-0.39, 0.29) is 0 Å². The molecule has 0 amide bonds. The van der Waals surface area contributed by atoms with Crippen LogP contribution in [0.15, 0.2) is 12.3 Å². The van der Waals surface area contributed by atoms with Crippen molar-refractivity contribution in [3.8, 4) is 0 Å². The van der Waals surface area contributed by atoms with E-state index in [0.717, 1.165) is 6.42 Å². The molecule has 1 N–H and O–H groups in total. The van der Waals surface area contributed by atoms with Crippen LogP contribution in [0.3, 0.4) is 0 Å². The molecule has 1 aromatic heterocycles. The number of rotatable bonds is 4. The molecule has 0 spiro atoms. The van der Waals surface area contributed by atoms with E-state index in [4.69, 9.17) is 0 Å². The second kappa shape index (κ2) is 4.86. The summed E-state index contributed by atoms with van der Waals surface area (Å²) < 4.78 is 0. The normalized spacial score (nSPS) is 17.9. The Labute approximate surface area is 98.5 Å². The monoisotopic (exact) mass is 218 g/mol. The first kappa shape index (κ1) is 11.4. The van der Waals surface area contributed by atoms with Crippen molar-refractivity contribution in [2.45, 2.75) is 52.5 Å². The van der Waals surface area contributed by atoms with Gasteiger partial charge in [0.05, 0.1) is 11.9 Å². The second-order valence-electron chi connectivity index (χ2n) is 5.00. The van der Waals surface area contributed by atoms with Crippen molar-refractivity contribution in [2.75, 3.05) is 5.32 Å². The van der Waals surface area contributed by atoms with Crippen LogP contribution in [0, 0.1) is 5.92 Å². The molecule has 1 aliphatic rings. The maximum atomic E-state index is 4.53. The lowest BCUT2D eigenvalue weighted by Crippen LogP contribution is -2.23. The summed E-state index contributed by atoms with van der Waals surface area (Å²) in [5.74, 6) is 0.702. The number of pyridine rings is 1. The molecule has 0 radical (unpaired) electrons. The van der Waals surface area contributed by atoms with E-state index >= 15 is 0 Å². The van der Waals surface area contributed by atoms with Gasteiger partial charge in [-0.15, -0.1) is 0 Å². The molecule has 88 valence electrons. The van der Waals surface area contributed by atoms with Crippen LogP contribution in [-0.2, 0) is 12.8 Å². The van der Waals surface area contributed by atoms with E-state index in [1.807, 2.05) is 6.20 Å². The largest absolute Gasteiger partial charge is 0.381 e. The SMILES string of the molecule is CCC(C)C(C)Nc1cnc2c(c1)CCC2. The fourth-order valence-corrected chi connectivity index (χ4v) is 2.26. The third-order valence-corrected chi connectivity index (χ3v) is 3.81. The number of nitrogens with zero attached hydrogens (tertiary/aromatic N) is 1. The highest BCUT2D eigenvalue weighted by Gasteiger charge is 2.14. The fraction of sp³-hybridized carbons (Fsp3) is 0.643. The highest BCUT2D eigenvalue weighted by atomic mass is 14.9. The third-order valence-electron chi connectivity index (χ3n) is 3.81. The van der Waals surface area contributed by atoms with E-state index in [2.05, 4.69) is 37.1 Å². The van der Waals surface area contributed by atoms with Crippen LogP contribution in [0.4, 0.5) is 5.69 Å². The van der Waals surface area contributed by atoms with Crippen molar-refractivity contribution < 1.29 is 0 Å². The molecule has 16 heavy (non-hydrogen) atoms. The van der Waals surface area contributed by atoms with E-state index in [1.54, 1.807) is 0 Å². The molecule has 2 rings (SSSR count). The zero-order valence-corrected chi connectivity index (χ0v) is 10.6. The summed E-state index contributed by atoms with van der Waals surface area (Å²) in [7, 11) is 0. The Morgan fingerprint density at radius 1 is 1.38 bits per heavy atom. The highest BCUT2D eigenvalue weighted by Crippen LogP contribution is 2.23. The number of nitrogens with one attached hydrogen (secondary N) is 1. The van der Waals surface area contributed by atoms with Crippen molar-refractivity contribution in [3.63, 3.8) is 0 Å². The molecule has 2 heteroatoms. The topological polar surface area (TPSA) is 24.9 Å². The fourth-order valence-electron chi connectivity index (χ4n) is 2.26. The standard InChI is InChI=1S/C14H22N2/c1-4-10(2)11(3)16-13-8-12-6-5-7-14(12)15-9-13/h8-11,16H,4-7H2,1-3H3. The summed E-state index contributed by atoms with van der Waals surface area (Å²) in [5.41, 5.74) is 3.94. The van der Waals surface area contributed by atoms with Gasteiger partial charge in [-0.1, -0.05) is 20.3 Å². The van der Waals surface area contributed by atoms with Crippen molar-refractivity contribution in [2.24, 2.45) is 5.92 Å². The number of aromatic nitrogens is 1. The van der Waals surface area contributed by atoms with Gasteiger partial charge < -0.3 is 5.32 Å². The Morgan fingerprint density at radius 3 is 2.94 bits per heavy atom. The van der Waals surface area contributed by atoms with E-state index < -0.39 is 0 Å². The van der Waals surface area contributed by atoms with Gasteiger partial charge in [0.1, 0.15) is 0 Å². The molecule has 0 aliphatic heterocycles. The Balaban J connectivity index is 2.05. The molecule has 0 bridgehead atoms. The zero-order chi connectivity index (χ0) is 11.5. The molecule has 1 aliphatic carbocycles. The molecule has 0 fully saturated rings. The molecule has 0 aromatic carbocycles. The Bertz CT molecular complexity index is 360. The highest BCUT2D eigenvalue weighted by molar-refractivity contribution is 5.46. The number of aryl methyl sites for hydroxylation is 2. The van der Waals surface area contributed by atoms with Crippen LogP contribution < -0.4 is 5.32 Å². The van der Waals surface area contributed by atoms with Crippen molar-refractivity contribution >= 4 is 5.69 Å². The number of anilines is 1. The first-order valence-corrected chi connectivity index (χ1v) is 6.45. The minimum atomic E-state index is 0.520. The van der Waals surface area contributed by atoms with Gasteiger partial charge in [-0.05, 0) is 43.7 Å². The number of hydrogen-bond donors (Lipinski definition) is 1. The molecule has 1 aromatic rings. The van der Waals surface area contributed by atoms with Crippen molar-refractivity contribution in [3.05, 3.63) is 23.5 Å². The van der Waals surface area contributed by atoms with Gasteiger partial charge in [0.2, 0.25) is 0 Å². The summed E-state index contributed by atoms with van der Waals surface area (Å²) in [6, 6.07) is 2.81. The van der Waals surface area contributed by atoms with E-state index in [1.165, 1.54) is 36.2 Å². The predicted octanol–water partition coefficient (Wildman–Crippen LogP) is 3.42. The molecular formula is C14H22N2. The first-order chi connectivity index (χ1) is 7.70. The molecule has 1 heterocycles. The molecular weight excluding hydrogens is 196 g/mol. The second-order valence-corrected chi connectivity index (χ2v) is 5.00. The lowest BCUT2D eigenvalue weighted by Gasteiger charge is -2.21. The predicted molar refractivity (Wildman–Crippen MR) is 68.8 cm³/mol. The van der Waals surface area contributed by atoms with Gasteiger partial charge in [0.15, 0.2) is 0 Å². The van der Waals surface area contributed by atoms with Crippen molar-refractivity contribution in [1.82, 2.24) is 4.98 Å². The lowest BCUT2D eigenvalue weighted by molar-refractivity contribution is 0.494. The average Bonchev–Trinajstić information content (AvgIpc) is 2.75. The number of fused-ring (bicyclic) bond motifs is 1. The Hall–Kier alpha value is -1.05. The van der Waals surface area contributed by atoms with Crippen LogP contribution in [-0.4, -0.2) is 11.0 Å². The summed E-state index contributed by atoms with van der Waals surface area (Å²) in [6.07, 6.45) is 6.84. The maximum absolute atomic E-state index is 4.53. The lowest BCUT2D eigenvalue weighted by atomic mass is 10.0. The Morgan fingerprint density at radius 2 is 2.19 bits per heavy atom. The van der Waals surface area contributed by atoms with Crippen LogP contribution >= 0.6 is 0 Å². The zero-order valence-electron chi connectivity index (χ0n) is 10.6. The summed E-state index contributed by atoms with van der Waals surface area (Å²) >= 11 is 0. The molecule has 2 unspecified atom stereocenters. The minimum absolute atomic E-state index is 0.520. The van der Waals surface area contributed by atoms with Gasteiger partial charge in [-0.2, -0.15) is 0 Å². The molecule has 0 saturated carbocycles. The smallest absolute Gasteiger partial charge is 0.0531 e. The van der Waals surface area contributed by atoms with E-state index in [9.17, 15) is 0 Å². The van der Waals surface area contributed by atoms with Crippen LogP contribution in [0.5, 0.6) is 0 Å². The first-order valence-electron chi connectivity index (χ1n) is 6.45. The summed E-state index contributed by atoms with van der Waals surface area (Å²) in [6.45, 7) is 6.78. The van der Waals surface area contributed by atoms with Gasteiger partial charge in [-0.3, -0.25) is 4.98 Å². The number of hydrogen-bond acceptors (Lipinski definition) is 2. The van der Waals surface area contributed by atoms with Gasteiger partial charge in [0, 0.05) is 11.7 Å². The maximum Gasteiger partial charge on any atom is 0.0531 e. The summed E-state index contributed by atoms with van der Waals surface area (Å²) in [5, 5.41) is 3.56. The van der Waals surface area contributed by atoms with E-state index in [0.29, 0.717) is 12.0 Å². The van der Waals surface area contributed by atoms with Crippen molar-refractivity contribution in [1.29, 1.82) is 0 Å². The van der Waals surface area contributed by atoms with Crippen LogP contribution in [0.25, 0.3) is 0 Å². The summed E-state index contributed by atoms with van der Waals surface area (Å²) in [4.78, 5) is 4.53. The van der Waals surface area contributed by atoms with Gasteiger partial charge in [0.25, 0.3) is 0 Å². The molecule has 2 atom stereocenters. The van der Waals surface area contributed by atoms with Crippen LogP contribution in [0.1, 0.15) is 44.9 Å². The minimum Gasteiger partial charge on any atom is -0.381 e.